The van der Waals surface area contributed by atoms with E-state index < -0.39 is 4.92 Å². The summed E-state index contributed by atoms with van der Waals surface area (Å²) in [5.41, 5.74) is 1.67. The summed E-state index contributed by atoms with van der Waals surface area (Å²) in [4.78, 5) is 36.3. The van der Waals surface area contributed by atoms with Crippen molar-refractivity contribution in [1.29, 1.82) is 0 Å². The van der Waals surface area contributed by atoms with Crippen LogP contribution in [0.2, 0.25) is 0 Å². The minimum absolute atomic E-state index is 0.0178. The van der Waals surface area contributed by atoms with E-state index in [2.05, 4.69) is 0 Å². The molecule has 0 bridgehead atoms. The van der Waals surface area contributed by atoms with E-state index >= 15 is 0 Å². The number of carbonyl (C=O) groups excluding carboxylic acids is 2. The van der Waals surface area contributed by atoms with Crippen LogP contribution in [0.1, 0.15) is 22.8 Å². The van der Waals surface area contributed by atoms with Gasteiger partial charge in [0.1, 0.15) is 0 Å². The first-order chi connectivity index (χ1) is 12.4. The zero-order valence-corrected chi connectivity index (χ0v) is 15.2. The topological polar surface area (TPSA) is 80.5 Å². The van der Waals surface area contributed by atoms with Gasteiger partial charge < -0.3 is 0 Å². The molecule has 130 valence electrons. The third-order valence-electron chi connectivity index (χ3n) is 3.71. The van der Waals surface area contributed by atoms with E-state index in [9.17, 15) is 19.7 Å². The van der Waals surface area contributed by atoms with Gasteiger partial charge >= 0.3 is 0 Å². The third-order valence-corrected chi connectivity index (χ3v) is 5.01. The zero-order valence-electron chi connectivity index (χ0n) is 13.5. The molecule has 1 aliphatic rings. The number of hydrogen-bond donors (Lipinski definition) is 0. The van der Waals surface area contributed by atoms with Crippen molar-refractivity contribution in [3.63, 3.8) is 0 Å². The first kappa shape index (κ1) is 18.0. The van der Waals surface area contributed by atoms with Crippen LogP contribution in [0.3, 0.4) is 0 Å². The van der Waals surface area contributed by atoms with Crippen molar-refractivity contribution in [2.24, 2.45) is 0 Å². The van der Waals surface area contributed by atoms with Gasteiger partial charge in [0.25, 0.3) is 11.6 Å². The third kappa shape index (κ3) is 3.56. The van der Waals surface area contributed by atoms with Gasteiger partial charge in [0, 0.05) is 17.7 Å². The lowest BCUT2D eigenvalue weighted by Gasteiger charge is -2.15. The molecule has 2 aromatic carbocycles. The molecule has 0 saturated carbocycles. The highest BCUT2D eigenvalue weighted by molar-refractivity contribution is 8.27. The molecule has 2 aromatic rings. The van der Waals surface area contributed by atoms with Crippen LogP contribution in [-0.2, 0) is 4.79 Å². The van der Waals surface area contributed by atoms with Crippen molar-refractivity contribution in [3.05, 3.63) is 74.7 Å². The molecule has 0 unspecified atom stereocenters. The average Bonchev–Trinajstić information content (AvgIpc) is 2.89. The maximum atomic E-state index is 12.7. The van der Waals surface area contributed by atoms with E-state index in [0.29, 0.717) is 26.0 Å². The molecule has 0 radical (unpaired) electrons. The molecule has 1 saturated heterocycles. The number of nitro benzene ring substituents is 1. The van der Waals surface area contributed by atoms with E-state index in [4.69, 9.17) is 12.2 Å². The first-order valence-electron chi connectivity index (χ1n) is 7.50. The number of ketones is 1. The monoisotopic (exact) mass is 384 g/mol. The largest absolute Gasteiger partial charge is 0.295 e. The molecule has 26 heavy (non-hydrogen) atoms. The molecule has 8 heteroatoms. The minimum atomic E-state index is -0.481. The molecular weight excluding hydrogens is 372 g/mol. The van der Waals surface area contributed by atoms with Crippen molar-refractivity contribution in [2.75, 3.05) is 4.90 Å². The molecule has 6 nitrogen and oxygen atoms in total. The summed E-state index contributed by atoms with van der Waals surface area (Å²) >= 11 is 6.46. The van der Waals surface area contributed by atoms with E-state index in [-0.39, 0.29) is 17.4 Å². The quantitative estimate of drug-likeness (QED) is 0.258. The molecule has 0 aromatic heterocycles. The molecule has 1 fully saturated rings. The van der Waals surface area contributed by atoms with Crippen LogP contribution in [0, 0.1) is 10.1 Å². The predicted octanol–water partition coefficient (Wildman–Crippen LogP) is 4.20. The van der Waals surface area contributed by atoms with E-state index in [1.807, 2.05) is 0 Å². The van der Waals surface area contributed by atoms with Gasteiger partial charge in [0.05, 0.1) is 15.5 Å². The Morgan fingerprint density at radius 1 is 1.23 bits per heavy atom. The van der Waals surface area contributed by atoms with Crippen LogP contribution >= 0.6 is 24.0 Å². The lowest BCUT2D eigenvalue weighted by molar-refractivity contribution is -0.384. The van der Waals surface area contributed by atoms with Crippen molar-refractivity contribution in [2.45, 2.75) is 6.92 Å². The van der Waals surface area contributed by atoms with Crippen molar-refractivity contribution < 1.29 is 14.5 Å². The summed E-state index contributed by atoms with van der Waals surface area (Å²) in [6.07, 6.45) is 1.64. The number of thiocarbonyl (C=S) groups is 1. The summed E-state index contributed by atoms with van der Waals surface area (Å²) in [5, 5.41) is 10.7. The Morgan fingerprint density at radius 2 is 1.92 bits per heavy atom. The number of nitro groups is 1. The lowest BCUT2D eigenvalue weighted by Crippen LogP contribution is -2.27. The average molecular weight is 384 g/mol. The molecule has 1 heterocycles. The Hall–Kier alpha value is -2.84. The fraction of sp³-hybridized carbons (Fsp3) is 0.0556. The fourth-order valence-electron chi connectivity index (χ4n) is 2.40. The second kappa shape index (κ2) is 7.19. The van der Waals surface area contributed by atoms with Crippen molar-refractivity contribution in [1.82, 2.24) is 0 Å². The van der Waals surface area contributed by atoms with Gasteiger partial charge in [-0.1, -0.05) is 36.1 Å². The maximum absolute atomic E-state index is 12.7. The van der Waals surface area contributed by atoms with E-state index in [1.165, 1.54) is 24.0 Å². The van der Waals surface area contributed by atoms with Crippen LogP contribution in [0.5, 0.6) is 0 Å². The Bertz CT molecular complexity index is 967. The van der Waals surface area contributed by atoms with Crippen LogP contribution in [-0.4, -0.2) is 20.9 Å². The molecule has 3 rings (SSSR count). The van der Waals surface area contributed by atoms with Gasteiger partial charge in [-0.05, 0) is 42.8 Å². The van der Waals surface area contributed by atoms with Crippen molar-refractivity contribution in [3.8, 4) is 0 Å². The molecule has 0 spiro atoms. The standard InChI is InChI=1S/C18H12N2O4S2/c1-11(21)13-3-2-4-15(10-13)19-17(22)16(26-18(19)25)9-12-5-7-14(8-6-12)20(23)24/h2-10H,1H3. The zero-order chi connectivity index (χ0) is 18.8. The number of anilines is 1. The molecular formula is C18H12N2O4S2. The molecule has 0 atom stereocenters. The molecule has 1 aliphatic heterocycles. The smallest absolute Gasteiger partial charge is 0.270 e. The number of carbonyl (C=O) groups is 2. The number of hydrogen-bond acceptors (Lipinski definition) is 6. The highest BCUT2D eigenvalue weighted by Gasteiger charge is 2.33. The predicted molar refractivity (Wildman–Crippen MR) is 105 cm³/mol. The second-order valence-electron chi connectivity index (χ2n) is 5.47. The van der Waals surface area contributed by atoms with Crippen LogP contribution < -0.4 is 4.90 Å². The summed E-state index contributed by atoms with van der Waals surface area (Å²) < 4.78 is 0.365. The number of rotatable bonds is 4. The number of thioether (sulfide) groups is 1. The number of Topliss-reactive ketones (excluding diaryl/α,β-unsaturated/α-hetero) is 1. The van der Waals surface area contributed by atoms with Gasteiger partial charge in [-0.15, -0.1) is 0 Å². The van der Waals surface area contributed by atoms with Crippen LogP contribution in [0.15, 0.2) is 53.4 Å². The Kier molecular flexibility index (Phi) is 4.97. The van der Waals surface area contributed by atoms with Gasteiger partial charge in [-0.2, -0.15) is 0 Å². The highest BCUT2D eigenvalue weighted by Crippen LogP contribution is 2.36. The SMILES string of the molecule is CC(=O)c1cccc(N2C(=O)C(=Cc3ccc([N+](=O)[O-])cc3)SC2=S)c1. The normalized spacial score (nSPS) is 15.6. The molecule has 0 N–H and O–H groups in total. The number of benzene rings is 2. The summed E-state index contributed by atoms with van der Waals surface area (Å²) in [6.45, 7) is 1.46. The highest BCUT2D eigenvalue weighted by atomic mass is 32.2. The second-order valence-corrected chi connectivity index (χ2v) is 7.15. The number of amides is 1. The fourth-order valence-corrected chi connectivity index (χ4v) is 3.70. The Balaban J connectivity index is 1.90. The minimum Gasteiger partial charge on any atom is -0.295 e. The summed E-state index contributed by atoms with van der Waals surface area (Å²) in [7, 11) is 0. The molecule has 1 amide bonds. The van der Waals surface area contributed by atoms with E-state index in [0.717, 1.165) is 11.8 Å². The summed E-state index contributed by atoms with van der Waals surface area (Å²) in [6, 6.07) is 12.6. The maximum Gasteiger partial charge on any atom is 0.270 e. The van der Waals surface area contributed by atoms with Crippen LogP contribution in [0.4, 0.5) is 11.4 Å². The Morgan fingerprint density at radius 3 is 2.54 bits per heavy atom. The lowest BCUT2D eigenvalue weighted by atomic mass is 10.1. The van der Waals surface area contributed by atoms with Crippen molar-refractivity contribution >= 4 is 57.4 Å². The molecule has 0 aliphatic carbocycles. The van der Waals surface area contributed by atoms with Crippen LogP contribution in [0.25, 0.3) is 6.08 Å². The van der Waals surface area contributed by atoms with E-state index in [1.54, 1.807) is 42.5 Å². The summed E-state index contributed by atoms with van der Waals surface area (Å²) in [5.74, 6) is -0.391. The first-order valence-corrected chi connectivity index (χ1v) is 8.73. The number of non-ortho nitro benzene ring substituents is 1. The Labute approximate surface area is 158 Å². The van der Waals surface area contributed by atoms with Gasteiger partial charge in [-0.25, -0.2) is 0 Å². The van der Waals surface area contributed by atoms with Gasteiger partial charge in [-0.3, -0.25) is 24.6 Å². The van der Waals surface area contributed by atoms with Gasteiger partial charge in [0.15, 0.2) is 10.1 Å². The number of nitrogens with zero attached hydrogens (tertiary/aromatic N) is 2. The van der Waals surface area contributed by atoms with Gasteiger partial charge in [0.2, 0.25) is 0 Å².